The Morgan fingerprint density at radius 1 is 0.805 bits per heavy atom. The van der Waals surface area contributed by atoms with Crippen molar-refractivity contribution in [3.63, 3.8) is 0 Å². The highest BCUT2D eigenvalue weighted by atomic mass is 19.2. The highest BCUT2D eigenvalue weighted by Gasteiger charge is 2.19. The van der Waals surface area contributed by atoms with Gasteiger partial charge in [0.1, 0.15) is 5.60 Å². The first-order valence-corrected chi connectivity index (χ1v) is 13.0. The zero-order chi connectivity index (χ0) is 30.2. The summed E-state index contributed by atoms with van der Waals surface area (Å²) in [6, 6.07) is 16.2. The first kappa shape index (κ1) is 31.0. The van der Waals surface area contributed by atoms with E-state index in [4.69, 9.17) is 4.74 Å². The van der Waals surface area contributed by atoms with Crippen molar-refractivity contribution in [1.82, 2.24) is 9.80 Å². The molecule has 0 aliphatic heterocycles. The summed E-state index contributed by atoms with van der Waals surface area (Å²) in [5.74, 6) is -2.45. The zero-order valence-electron chi connectivity index (χ0n) is 23.8. The molecular formula is C30H35F2N5O4. The Morgan fingerprint density at radius 2 is 1.44 bits per heavy atom. The molecule has 218 valence electrons. The monoisotopic (exact) mass is 567 g/mol. The Bertz CT molecular complexity index is 1370. The van der Waals surface area contributed by atoms with Gasteiger partial charge in [-0.25, -0.2) is 18.4 Å². The normalized spacial score (nSPS) is 11.1. The van der Waals surface area contributed by atoms with Gasteiger partial charge in [-0.3, -0.25) is 10.1 Å². The Labute approximate surface area is 238 Å². The van der Waals surface area contributed by atoms with Crippen LogP contribution < -0.4 is 16.0 Å². The molecule has 0 saturated heterocycles. The van der Waals surface area contributed by atoms with Crippen LogP contribution in [0, 0.1) is 11.6 Å². The van der Waals surface area contributed by atoms with E-state index in [-0.39, 0.29) is 12.2 Å². The minimum atomic E-state index is -1.06. The van der Waals surface area contributed by atoms with Crippen LogP contribution in [0.3, 0.4) is 0 Å². The minimum Gasteiger partial charge on any atom is -0.444 e. The third-order valence-electron chi connectivity index (χ3n) is 5.68. The molecule has 0 aliphatic carbocycles. The number of anilines is 3. The van der Waals surface area contributed by atoms with E-state index in [1.807, 2.05) is 19.0 Å². The fourth-order valence-electron chi connectivity index (χ4n) is 3.64. The Hall–Kier alpha value is -4.51. The van der Waals surface area contributed by atoms with Gasteiger partial charge in [-0.1, -0.05) is 24.3 Å². The van der Waals surface area contributed by atoms with Crippen LogP contribution >= 0.6 is 0 Å². The summed E-state index contributed by atoms with van der Waals surface area (Å²) in [5, 5.41) is 8.04. The molecule has 3 rings (SSSR count). The van der Waals surface area contributed by atoms with Gasteiger partial charge in [0.25, 0.3) is 5.91 Å². The van der Waals surface area contributed by atoms with E-state index in [0.29, 0.717) is 30.0 Å². The highest BCUT2D eigenvalue weighted by Crippen LogP contribution is 2.23. The molecule has 0 radical (unpaired) electrons. The number of carbonyl (C=O) groups is 3. The third-order valence-corrected chi connectivity index (χ3v) is 5.68. The van der Waals surface area contributed by atoms with Crippen LogP contribution in [0.5, 0.6) is 0 Å². The Balaban J connectivity index is 1.68. The SMILES string of the molecule is CN(C)CCN(Cc1ccc(C(=O)Nc2ccccc2NC(=O)OC(C)(C)C)cc1)C(=O)Nc1ccc(F)c(F)c1. The van der Waals surface area contributed by atoms with E-state index >= 15 is 0 Å². The molecule has 0 unspecified atom stereocenters. The van der Waals surface area contributed by atoms with Crippen molar-refractivity contribution in [2.75, 3.05) is 43.1 Å². The molecule has 3 aromatic carbocycles. The second-order valence-electron chi connectivity index (χ2n) is 10.6. The number of likely N-dealkylation sites (N-methyl/N-ethyl adjacent to an activating group) is 1. The smallest absolute Gasteiger partial charge is 0.412 e. The second-order valence-corrected chi connectivity index (χ2v) is 10.6. The molecule has 0 aromatic heterocycles. The Kier molecular flexibility index (Phi) is 10.4. The van der Waals surface area contributed by atoms with Gasteiger partial charge in [0.05, 0.1) is 11.4 Å². The first-order valence-electron chi connectivity index (χ1n) is 13.0. The lowest BCUT2D eigenvalue weighted by molar-refractivity contribution is 0.0635. The van der Waals surface area contributed by atoms with Crippen LogP contribution in [0.2, 0.25) is 0 Å². The molecule has 0 fully saturated rings. The predicted octanol–water partition coefficient (Wildman–Crippen LogP) is 6.16. The molecule has 0 bridgehead atoms. The molecule has 0 saturated carbocycles. The van der Waals surface area contributed by atoms with E-state index in [2.05, 4.69) is 16.0 Å². The fraction of sp³-hybridized carbons (Fsp3) is 0.300. The third kappa shape index (κ3) is 9.87. The van der Waals surface area contributed by atoms with Crippen LogP contribution in [0.25, 0.3) is 0 Å². The number of nitrogens with one attached hydrogen (secondary N) is 3. The van der Waals surface area contributed by atoms with Gasteiger partial charge in [0.2, 0.25) is 0 Å². The molecular weight excluding hydrogens is 532 g/mol. The summed E-state index contributed by atoms with van der Waals surface area (Å²) in [7, 11) is 3.75. The van der Waals surface area contributed by atoms with Gasteiger partial charge < -0.3 is 25.2 Å². The molecule has 0 atom stereocenters. The van der Waals surface area contributed by atoms with Crippen molar-refractivity contribution in [2.45, 2.75) is 32.9 Å². The van der Waals surface area contributed by atoms with E-state index in [1.165, 1.54) is 11.0 Å². The maximum Gasteiger partial charge on any atom is 0.412 e. The number of hydrogen-bond acceptors (Lipinski definition) is 5. The van der Waals surface area contributed by atoms with E-state index < -0.39 is 35.3 Å². The van der Waals surface area contributed by atoms with Crippen LogP contribution in [0.4, 0.5) is 35.4 Å². The number of nitrogens with zero attached hydrogens (tertiary/aromatic N) is 2. The van der Waals surface area contributed by atoms with Gasteiger partial charge in [-0.15, -0.1) is 0 Å². The van der Waals surface area contributed by atoms with Crippen molar-refractivity contribution < 1.29 is 27.9 Å². The molecule has 0 spiro atoms. The van der Waals surface area contributed by atoms with Crippen LogP contribution in [0.1, 0.15) is 36.7 Å². The van der Waals surface area contributed by atoms with Gasteiger partial charge in [-0.05, 0) is 76.8 Å². The van der Waals surface area contributed by atoms with E-state index in [1.54, 1.807) is 69.3 Å². The minimum absolute atomic E-state index is 0.136. The number of amides is 4. The average Bonchev–Trinajstić information content (AvgIpc) is 2.89. The van der Waals surface area contributed by atoms with Gasteiger partial charge in [-0.2, -0.15) is 0 Å². The number of benzene rings is 3. The molecule has 0 heterocycles. The number of rotatable bonds is 9. The highest BCUT2D eigenvalue weighted by molar-refractivity contribution is 6.06. The molecule has 41 heavy (non-hydrogen) atoms. The lowest BCUT2D eigenvalue weighted by Crippen LogP contribution is -2.39. The van der Waals surface area contributed by atoms with Crippen molar-refractivity contribution in [3.8, 4) is 0 Å². The number of urea groups is 1. The molecule has 11 heteroatoms. The van der Waals surface area contributed by atoms with Gasteiger partial charge in [0.15, 0.2) is 11.6 Å². The number of ether oxygens (including phenoxy) is 1. The summed E-state index contributed by atoms with van der Waals surface area (Å²) in [6.07, 6.45) is -0.643. The topological polar surface area (TPSA) is 103 Å². The second kappa shape index (κ2) is 13.7. The molecule has 0 aliphatic rings. The summed E-state index contributed by atoms with van der Waals surface area (Å²) >= 11 is 0. The van der Waals surface area contributed by atoms with Crippen molar-refractivity contribution in [2.24, 2.45) is 0 Å². The van der Waals surface area contributed by atoms with Gasteiger partial charge in [0, 0.05) is 37.0 Å². The number of para-hydroxylation sites is 2. The maximum atomic E-state index is 13.6. The quantitative estimate of drug-likeness (QED) is 0.287. The van der Waals surface area contributed by atoms with Crippen LogP contribution in [-0.2, 0) is 11.3 Å². The van der Waals surface area contributed by atoms with Gasteiger partial charge >= 0.3 is 12.1 Å². The molecule has 9 nitrogen and oxygen atoms in total. The Morgan fingerprint density at radius 3 is 2.02 bits per heavy atom. The molecule has 3 N–H and O–H groups in total. The van der Waals surface area contributed by atoms with E-state index in [0.717, 1.165) is 17.7 Å². The summed E-state index contributed by atoms with van der Waals surface area (Å²) in [4.78, 5) is 41.6. The van der Waals surface area contributed by atoms with Crippen molar-refractivity contribution in [3.05, 3.63) is 89.5 Å². The largest absolute Gasteiger partial charge is 0.444 e. The maximum absolute atomic E-state index is 13.6. The first-order chi connectivity index (χ1) is 19.3. The predicted molar refractivity (Wildman–Crippen MR) is 155 cm³/mol. The molecule has 3 aromatic rings. The van der Waals surface area contributed by atoms with E-state index in [9.17, 15) is 23.2 Å². The standard InChI is InChI=1S/C30H35F2N5O4/c1-30(2,3)41-29(40)35-26-9-7-6-8-25(26)34-27(38)21-12-10-20(11-13-21)19-37(17-16-36(4)5)28(39)33-22-14-15-23(31)24(32)18-22/h6-15,18H,16-17,19H2,1-5H3,(H,33,39)(H,34,38)(H,35,40). The number of carbonyl (C=O) groups excluding carboxylic acids is 3. The lowest BCUT2D eigenvalue weighted by Gasteiger charge is -2.25. The van der Waals surface area contributed by atoms with Crippen LogP contribution in [0.15, 0.2) is 66.7 Å². The summed E-state index contributed by atoms with van der Waals surface area (Å²) < 4.78 is 32.2. The van der Waals surface area contributed by atoms with Crippen molar-refractivity contribution >= 4 is 35.1 Å². The zero-order valence-corrected chi connectivity index (χ0v) is 23.8. The average molecular weight is 568 g/mol. The summed E-state index contributed by atoms with van der Waals surface area (Å²) in [6.45, 7) is 6.42. The number of halogens is 2. The molecule has 4 amide bonds. The summed E-state index contributed by atoms with van der Waals surface area (Å²) in [5.41, 5.74) is 1.37. The van der Waals surface area contributed by atoms with Crippen LogP contribution in [-0.4, -0.2) is 60.6 Å². The lowest BCUT2D eigenvalue weighted by atomic mass is 10.1. The number of hydrogen-bond donors (Lipinski definition) is 3. The van der Waals surface area contributed by atoms with Crippen molar-refractivity contribution in [1.29, 1.82) is 0 Å². The fourth-order valence-corrected chi connectivity index (χ4v) is 3.64.